The summed E-state index contributed by atoms with van der Waals surface area (Å²) in [6.45, 7) is 7.11. The monoisotopic (exact) mass is 526 g/mol. The maximum atomic E-state index is 14.0. The molecule has 14 heteroatoms. The van der Waals surface area contributed by atoms with Gasteiger partial charge >= 0.3 is 0 Å². The molecule has 1 aromatic carbocycles. The number of para-hydroxylation sites is 2. The van der Waals surface area contributed by atoms with Crippen LogP contribution >= 0.6 is 0 Å². The van der Waals surface area contributed by atoms with E-state index in [4.69, 9.17) is 9.47 Å². The minimum Gasteiger partial charge on any atom is -0.379 e. The van der Waals surface area contributed by atoms with Gasteiger partial charge in [0.05, 0.1) is 55.9 Å². The lowest BCUT2D eigenvalue weighted by Crippen LogP contribution is -2.38. The Balaban J connectivity index is 1.31. The summed E-state index contributed by atoms with van der Waals surface area (Å²) in [7, 11) is 0. The highest BCUT2D eigenvalue weighted by molar-refractivity contribution is 5.77. The second-order valence-corrected chi connectivity index (χ2v) is 9.02. The van der Waals surface area contributed by atoms with Gasteiger partial charge in [0.15, 0.2) is 5.82 Å². The van der Waals surface area contributed by atoms with Crippen molar-refractivity contribution in [3.05, 3.63) is 42.5 Å². The molecule has 12 nitrogen and oxygen atoms in total. The number of hydrogen-bond donors (Lipinski definition) is 1. The Bertz CT molecular complexity index is 1380. The molecule has 0 amide bonds. The highest BCUT2D eigenvalue weighted by atomic mass is 19.3. The molecule has 0 atom stereocenters. The molecule has 0 bridgehead atoms. The van der Waals surface area contributed by atoms with Crippen LogP contribution in [0.15, 0.2) is 36.7 Å². The van der Waals surface area contributed by atoms with Gasteiger partial charge in [0, 0.05) is 38.9 Å². The Morgan fingerprint density at radius 3 is 2.39 bits per heavy atom. The number of aromatic nitrogens is 7. The van der Waals surface area contributed by atoms with Crippen LogP contribution in [-0.4, -0.2) is 98.3 Å². The maximum Gasteiger partial charge on any atom is 0.296 e. The smallest absolute Gasteiger partial charge is 0.296 e. The first-order valence-corrected chi connectivity index (χ1v) is 12.6. The summed E-state index contributed by atoms with van der Waals surface area (Å²) < 4.78 is 42.1. The molecule has 4 aromatic rings. The number of morpholine rings is 2. The molecule has 0 radical (unpaired) electrons. The summed E-state index contributed by atoms with van der Waals surface area (Å²) in [5.74, 6) is 0.237. The fourth-order valence-corrected chi connectivity index (χ4v) is 4.56. The van der Waals surface area contributed by atoms with Crippen LogP contribution in [0.5, 0.6) is 0 Å². The van der Waals surface area contributed by atoms with Gasteiger partial charge < -0.3 is 19.7 Å². The van der Waals surface area contributed by atoms with Crippen LogP contribution in [-0.2, 0) is 16.0 Å². The largest absolute Gasteiger partial charge is 0.379 e. The SMILES string of the molecule is FC(F)c1nc2ccccc2n1-c1nc(Nc2cnn(CCN3CCOCC3)c2)nc(N2CCOCC2)n1. The molecule has 2 fully saturated rings. The molecule has 0 unspecified atom stereocenters. The lowest BCUT2D eigenvalue weighted by Gasteiger charge is -2.27. The summed E-state index contributed by atoms with van der Waals surface area (Å²) in [5.41, 5.74) is 1.61. The van der Waals surface area contributed by atoms with Gasteiger partial charge in [0.25, 0.3) is 6.43 Å². The molecular weight excluding hydrogens is 498 g/mol. The van der Waals surface area contributed by atoms with Crippen LogP contribution in [0.3, 0.4) is 0 Å². The van der Waals surface area contributed by atoms with Gasteiger partial charge in [-0.2, -0.15) is 20.1 Å². The molecule has 2 aliphatic heterocycles. The van der Waals surface area contributed by atoms with E-state index in [1.165, 1.54) is 4.57 Å². The van der Waals surface area contributed by atoms with Crippen LogP contribution in [0.2, 0.25) is 0 Å². The Hall–Kier alpha value is -3.75. The zero-order chi connectivity index (χ0) is 25.9. The van der Waals surface area contributed by atoms with Crippen molar-refractivity contribution < 1.29 is 18.3 Å². The molecule has 3 aromatic heterocycles. The quantitative estimate of drug-likeness (QED) is 0.367. The predicted octanol–water partition coefficient (Wildman–Crippen LogP) is 2.26. The predicted molar refractivity (Wildman–Crippen MR) is 135 cm³/mol. The van der Waals surface area contributed by atoms with E-state index in [0.717, 1.165) is 39.4 Å². The van der Waals surface area contributed by atoms with E-state index in [9.17, 15) is 8.78 Å². The number of anilines is 3. The molecular formula is C24H28F2N10O2. The molecule has 2 aliphatic rings. The van der Waals surface area contributed by atoms with Gasteiger partial charge in [-0.1, -0.05) is 12.1 Å². The maximum absolute atomic E-state index is 14.0. The number of alkyl halides is 2. The first-order valence-electron chi connectivity index (χ1n) is 12.6. The average Bonchev–Trinajstić information content (AvgIpc) is 3.57. The Morgan fingerprint density at radius 2 is 1.61 bits per heavy atom. The van der Waals surface area contributed by atoms with E-state index in [2.05, 4.69) is 35.3 Å². The zero-order valence-electron chi connectivity index (χ0n) is 20.7. The van der Waals surface area contributed by atoms with Crippen LogP contribution < -0.4 is 10.2 Å². The highest BCUT2D eigenvalue weighted by Gasteiger charge is 2.24. The molecule has 1 N–H and O–H groups in total. The lowest BCUT2D eigenvalue weighted by molar-refractivity contribution is 0.0360. The van der Waals surface area contributed by atoms with E-state index in [-0.39, 0.29) is 11.9 Å². The molecule has 0 aliphatic carbocycles. The zero-order valence-corrected chi connectivity index (χ0v) is 20.7. The first-order chi connectivity index (χ1) is 18.6. The van der Waals surface area contributed by atoms with Crippen molar-refractivity contribution in [1.29, 1.82) is 0 Å². The van der Waals surface area contributed by atoms with Crippen LogP contribution in [0.25, 0.3) is 17.0 Å². The summed E-state index contributed by atoms with van der Waals surface area (Å²) >= 11 is 0. The average molecular weight is 527 g/mol. The van der Waals surface area contributed by atoms with Gasteiger partial charge in [-0.05, 0) is 12.1 Å². The molecule has 5 heterocycles. The van der Waals surface area contributed by atoms with Gasteiger partial charge in [-0.25, -0.2) is 13.8 Å². The van der Waals surface area contributed by atoms with Crippen molar-refractivity contribution in [2.45, 2.75) is 13.0 Å². The minimum absolute atomic E-state index is 0.0627. The molecule has 0 saturated carbocycles. The van der Waals surface area contributed by atoms with Crippen molar-refractivity contribution in [3.63, 3.8) is 0 Å². The normalized spacial score (nSPS) is 17.0. The number of imidazole rings is 1. The summed E-state index contributed by atoms with van der Waals surface area (Å²) in [6, 6.07) is 6.93. The molecule has 38 heavy (non-hydrogen) atoms. The number of nitrogens with one attached hydrogen (secondary N) is 1. The van der Waals surface area contributed by atoms with E-state index in [0.29, 0.717) is 49.0 Å². The Labute approximate surface area is 217 Å². The second-order valence-electron chi connectivity index (χ2n) is 9.02. The van der Waals surface area contributed by atoms with Crippen molar-refractivity contribution in [3.8, 4) is 5.95 Å². The number of nitrogens with zero attached hydrogens (tertiary/aromatic N) is 9. The first kappa shape index (κ1) is 24.6. The van der Waals surface area contributed by atoms with E-state index >= 15 is 0 Å². The van der Waals surface area contributed by atoms with Crippen molar-refractivity contribution >= 4 is 28.6 Å². The molecule has 6 rings (SSSR count). The summed E-state index contributed by atoms with van der Waals surface area (Å²) in [4.78, 5) is 22.1. The standard InChI is InChI=1S/C24H28F2N10O2/c25-20(26)21-29-18-3-1-2-4-19(18)36(21)24-31-22(30-23(32-24)34-9-13-38-14-10-34)28-17-15-27-35(16-17)6-5-33-7-11-37-12-8-33/h1-4,15-16,20H,5-14H2,(H,28,30,31,32). The third-order valence-electron chi connectivity index (χ3n) is 6.53. The van der Waals surface area contributed by atoms with Gasteiger partial charge in [0.1, 0.15) is 0 Å². The van der Waals surface area contributed by atoms with Gasteiger partial charge in [-0.15, -0.1) is 0 Å². The number of fused-ring (bicyclic) bond motifs is 1. The molecule has 200 valence electrons. The Kier molecular flexibility index (Phi) is 7.07. The van der Waals surface area contributed by atoms with Crippen LogP contribution in [0.1, 0.15) is 12.2 Å². The van der Waals surface area contributed by atoms with E-state index < -0.39 is 12.2 Å². The topological polar surface area (TPSA) is 111 Å². The van der Waals surface area contributed by atoms with Gasteiger partial charge in [0.2, 0.25) is 17.8 Å². The fraction of sp³-hybridized carbons (Fsp3) is 0.458. The molecule has 2 saturated heterocycles. The van der Waals surface area contributed by atoms with Crippen LogP contribution in [0.4, 0.5) is 26.4 Å². The highest BCUT2D eigenvalue weighted by Crippen LogP contribution is 2.28. The summed E-state index contributed by atoms with van der Waals surface area (Å²) in [6.07, 6.45) is 0.747. The van der Waals surface area contributed by atoms with Crippen molar-refractivity contribution in [2.24, 2.45) is 0 Å². The van der Waals surface area contributed by atoms with Crippen molar-refractivity contribution in [2.75, 3.05) is 69.4 Å². The van der Waals surface area contributed by atoms with E-state index in [1.54, 1.807) is 30.5 Å². The number of rotatable bonds is 8. The molecule has 0 spiro atoms. The number of benzene rings is 1. The summed E-state index contributed by atoms with van der Waals surface area (Å²) in [5, 5.41) is 7.63. The van der Waals surface area contributed by atoms with Crippen LogP contribution in [0, 0.1) is 0 Å². The van der Waals surface area contributed by atoms with E-state index in [1.807, 2.05) is 15.8 Å². The fourth-order valence-electron chi connectivity index (χ4n) is 4.56. The third kappa shape index (κ3) is 5.28. The number of ether oxygens (including phenoxy) is 2. The third-order valence-corrected chi connectivity index (χ3v) is 6.53. The van der Waals surface area contributed by atoms with Gasteiger partial charge in [-0.3, -0.25) is 14.1 Å². The number of hydrogen-bond acceptors (Lipinski definition) is 10. The second kappa shape index (κ2) is 10.9. The minimum atomic E-state index is -2.81. The number of halogens is 2. The van der Waals surface area contributed by atoms with Crippen molar-refractivity contribution in [1.82, 2.24) is 39.2 Å². The lowest BCUT2D eigenvalue weighted by atomic mass is 10.3. The Morgan fingerprint density at radius 1 is 0.868 bits per heavy atom.